The van der Waals surface area contributed by atoms with E-state index in [1.165, 1.54) is 22.0 Å². The number of aromatic nitrogens is 3. The molecule has 1 unspecified atom stereocenters. The van der Waals surface area contributed by atoms with Crippen LogP contribution in [-0.4, -0.2) is 26.0 Å². The number of hydrogen-bond donors (Lipinski definition) is 2. The van der Waals surface area contributed by atoms with Crippen LogP contribution in [0, 0.1) is 0 Å². The van der Waals surface area contributed by atoms with Crippen molar-refractivity contribution in [3.8, 4) is 5.75 Å². The van der Waals surface area contributed by atoms with E-state index in [4.69, 9.17) is 33.8 Å². The Morgan fingerprint density at radius 3 is 2.53 bits per heavy atom. The van der Waals surface area contributed by atoms with E-state index in [1.807, 2.05) is 24.3 Å². The van der Waals surface area contributed by atoms with Gasteiger partial charge < -0.3 is 15.9 Å². The summed E-state index contributed by atoms with van der Waals surface area (Å²) in [4.78, 5) is 12.6. The third-order valence-corrected chi connectivity index (χ3v) is 6.28. The standard InChI is InChI=1S/C22H25Cl2N5O2S/c1-13(20(30)26-18-11-15(23)7-10-17(18)24)32-21-28-27-19(29(21)25)12-31-16-8-5-14(6-9-16)22(2,3)4/h5-11,13H,12,25H2,1-4H3,(H,26,30). The Morgan fingerprint density at radius 1 is 1.19 bits per heavy atom. The Bertz CT molecular complexity index is 1100. The quantitative estimate of drug-likeness (QED) is 0.342. The minimum Gasteiger partial charge on any atom is -0.486 e. The van der Waals surface area contributed by atoms with Crippen LogP contribution in [0.25, 0.3) is 0 Å². The Hall–Kier alpha value is -2.42. The Balaban J connectivity index is 1.59. The van der Waals surface area contributed by atoms with Gasteiger partial charge in [0.25, 0.3) is 0 Å². The molecule has 0 radical (unpaired) electrons. The highest BCUT2D eigenvalue weighted by Crippen LogP contribution is 2.28. The van der Waals surface area contributed by atoms with Gasteiger partial charge in [0.1, 0.15) is 12.4 Å². The lowest BCUT2D eigenvalue weighted by Gasteiger charge is -2.19. The molecule has 3 aromatic rings. The summed E-state index contributed by atoms with van der Waals surface area (Å²) in [6, 6.07) is 12.8. The summed E-state index contributed by atoms with van der Waals surface area (Å²) < 4.78 is 7.11. The maximum atomic E-state index is 12.6. The number of carbonyl (C=O) groups is 1. The van der Waals surface area contributed by atoms with Crippen molar-refractivity contribution in [1.29, 1.82) is 0 Å². The molecule has 0 aliphatic carbocycles. The highest BCUT2D eigenvalue weighted by atomic mass is 35.5. The molecular formula is C22H25Cl2N5O2S. The number of carbonyl (C=O) groups excluding carboxylic acids is 1. The Morgan fingerprint density at radius 2 is 1.88 bits per heavy atom. The summed E-state index contributed by atoms with van der Waals surface area (Å²) in [6.45, 7) is 8.36. The third-order valence-electron chi connectivity index (χ3n) is 4.66. The molecule has 170 valence electrons. The summed E-state index contributed by atoms with van der Waals surface area (Å²) >= 11 is 13.3. The Labute approximate surface area is 201 Å². The van der Waals surface area contributed by atoms with E-state index in [2.05, 4.69) is 36.3 Å². The summed E-state index contributed by atoms with van der Waals surface area (Å²) in [5, 5.41) is 11.7. The average molecular weight is 494 g/mol. The monoisotopic (exact) mass is 493 g/mol. The number of nitrogens with one attached hydrogen (secondary N) is 1. The maximum absolute atomic E-state index is 12.6. The van der Waals surface area contributed by atoms with Crippen LogP contribution >= 0.6 is 35.0 Å². The number of benzene rings is 2. The summed E-state index contributed by atoms with van der Waals surface area (Å²) in [6.07, 6.45) is 0. The molecule has 0 aliphatic heterocycles. The molecule has 1 amide bonds. The SMILES string of the molecule is CC(Sc1nnc(COc2ccc(C(C)(C)C)cc2)n1N)C(=O)Nc1cc(Cl)ccc1Cl. The van der Waals surface area contributed by atoms with Crippen LogP contribution in [0.15, 0.2) is 47.6 Å². The zero-order valence-electron chi connectivity index (χ0n) is 18.2. The largest absolute Gasteiger partial charge is 0.486 e. The molecule has 32 heavy (non-hydrogen) atoms. The molecule has 0 saturated heterocycles. The van der Waals surface area contributed by atoms with Crippen LogP contribution in [0.2, 0.25) is 10.0 Å². The van der Waals surface area contributed by atoms with Crippen molar-refractivity contribution in [2.75, 3.05) is 11.2 Å². The molecule has 10 heteroatoms. The molecule has 3 rings (SSSR count). The number of rotatable bonds is 7. The van der Waals surface area contributed by atoms with Crippen LogP contribution in [0.1, 0.15) is 39.1 Å². The van der Waals surface area contributed by atoms with Crippen LogP contribution < -0.4 is 15.9 Å². The third kappa shape index (κ3) is 6.09. The zero-order chi connectivity index (χ0) is 23.5. The normalized spacial score (nSPS) is 12.4. The average Bonchev–Trinajstić information content (AvgIpc) is 3.08. The Kier molecular flexibility index (Phi) is 7.59. The highest BCUT2D eigenvalue weighted by Gasteiger charge is 2.21. The lowest BCUT2D eigenvalue weighted by atomic mass is 9.87. The van der Waals surface area contributed by atoms with E-state index in [-0.39, 0.29) is 17.9 Å². The summed E-state index contributed by atoms with van der Waals surface area (Å²) in [5.74, 6) is 7.00. The number of nitrogens with two attached hydrogens (primary N) is 1. The van der Waals surface area contributed by atoms with E-state index >= 15 is 0 Å². The van der Waals surface area contributed by atoms with Gasteiger partial charge in [-0.25, -0.2) is 4.68 Å². The summed E-state index contributed by atoms with van der Waals surface area (Å²) in [5.41, 5.74) is 1.73. The number of nitrogen functional groups attached to an aromatic ring is 1. The van der Waals surface area contributed by atoms with Crippen LogP contribution in [0.3, 0.4) is 0 Å². The first kappa shape index (κ1) is 24.2. The predicted molar refractivity (Wildman–Crippen MR) is 130 cm³/mol. The van der Waals surface area contributed by atoms with Gasteiger partial charge in [0.05, 0.1) is 16.0 Å². The number of nitrogens with zero attached hydrogens (tertiary/aromatic N) is 3. The first-order chi connectivity index (χ1) is 15.0. The zero-order valence-corrected chi connectivity index (χ0v) is 20.6. The molecule has 3 N–H and O–H groups in total. The van der Waals surface area contributed by atoms with Crippen LogP contribution in [0.4, 0.5) is 5.69 Å². The number of hydrogen-bond acceptors (Lipinski definition) is 6. The van der Waals surface area contributed by atoms with Crippen molar-refractivity contribution < 1.29 is 9.53 Å². The summed E-state index contributed by atoms with van der Waals surface area (Å²) in [7, 11) is 0. The molecule has 7 nitrogen and oxygen atoms in total. The van der Waals surface area contributed by atoms with Gasteiger partial charge >= 0.3 is 0 Å². The van der Waals surface area contributed by atoms with Crippen molar-refractivity contribution in [2.24, 2.45) is 0 Å². The van der Waals surface area contributed by atoms with Gasteiger partial charge in [0.2, 0.25) is 11.1 Å². The van der Waals surface area contributed by atoms with Crippen molar-refractivity contribution >= 4 is 46.6 Å². The lowest BCUT2D eigenvalue weighted by molar-refractivity contribution is -0.115. The maximum Gasteiger partial charge on any atom is 0.237 e. The molecule has 0 spiro atoms. The molecule has 1 aromatic heterocycles. The van der Waals surface area contributed by atoms with Gasteiger partial charge in [-0.15, -0.1) is 10.2 Å². The predicted octanol–water partition coefficient (Wildman–Crippen LogP) is 5.29. The minimum absolute atomic E-state index is 0.0726. The minimum atomic E-state index is -0.504. The van der Waals surface area contributed by atoms with Gasteiger partial charge in [0, 0.05) is 5.02 Å². The number of thioether (sulfide) groups is 1. The van der Waals surface area contributed by atoms with Gasteiger partial charge in [0.15, 0.2) is 5.82 Å². The first-order valence-corrected chi connectivity index (χ1v) is 11.5. The van der Waals surface area contributed by atoms with E-state index in [9.17, 15) is 4.79 Å². The van der Waals surface area contributed by atoms with Gasteiger partial charge in [-0.05, 0) is 48.2 Å². The van der Waals surface area contributed by atoms with Gasteiger partial charge in [-0.2, -0.15) is 0 Å². The molecule has 0 aliphatic rings. The molecule has 0 bridgehead atoms. The smallest absolute Gasteiger partial charge is 0.237 e. The van der Waals surface area contributed by atoms with Crippen molar-refractivity contribution in [3.63, 3.8) is 0 Å². The van der Waals surface area contributed by atoms with E-state index < -0.39 is 5.25 Å². The van der Waals surface area contributed by atoms with E-state index in [1.54, 1.807) is 25.1 Å². The topological polar surface area (TPSA) is 95.1 Å². The van der Waals surface area contributed by atoms with Crippen LogP contribution in [0.5, 0.6) is 5.75 Å². The molecule has 1 atom stereocenters. The van der Waals surface area contributed by atoms with Gasteiger partial charge in [-0.3, -0.25) is 4.79 Å². The van der Waals surface area contributed by atoms with Crippen molar-refractivity contribution in [1.82, 2.24) is 14.9 Å². The fraction of sp³-hybridized carbons (Fsp3) is 0.318. The number of halogens is 2. The molecule has 1 heterocycles. The van der Waals surface area contributed by atoms with E-state index in [0.717, 1.165) is 0 Å². The number of amides is 1. The second kappa shape index (κ2) is 10.0. The van der Waals surface area contributed by atoms with Crippen molar-refractivity contribution in [2.45, 2.75) is 50.1 Å². The second-order valence-electron chi connectivity index (χ2n) is 8.21. The fourth-order valence-electron chi connectivity index (χ4n) is 2.72. The number of ether oxygens (including phenoxy) is 1. The second-order valence-corrected chi connectivity index (χ2v) is 10.4. The van der Waals surface area contributed by atoms with Gasteiger partial charge in [-0.1, -0.05) is 67.9 Å². The van der Waals surface area contributed by atoms with Crippen molar-refractivity contribution in [3.05, 3.63) is 63.9 Å². The molecular weight excluding hydrogens is 469 g/mol. The molecule has 2 aromatic carbocycles. The first-order valence-electron chi connectivity index (χ1n) is 9.90. The molecule has 0 fully saturated rings. The molecule has 0 saturated carbocycles. The van der Waals surface area contributed by atoms with E-state index in [0.29, 0.717) is 32.5 Å². The van der Waals surface area contributed by atoms with Crippen LogP contribution in [-0.2, 0) is 16.8 Å². The fourth-order valence-corrected chi connectivity index (χ4v) is 3.85. The highest BCUT2D eigenvalue weighted by molar-refractivity contribution is 8.00. The lowest BCUT2D eigenvalue weighted by Crippen LogP contribution is -2.24. The number of anilines is 1.